The van der Waals surface area contributed by atoms with E-state index in [9.17, 15) is 13.2 Å². The number of benzene rings is 1. The van der Waals surface area contributed by atoms with Gasteiger partial charge in [0.15, 0.2) is 5.96 Å². The Morgan fingerprint density at radius 3 is 2.48 bits per heavy atom. The molecule has 1 atom stereocenters. The number of carbonyl (C=O) groups is 1. The number of carbonyl (C=O) groups excluding carboxylic acids is 1. The fraction of sp³-hybridized carbons (Fsp3) is 0.579. The van der Waals surface area contributed by atoms with E-state index in [0.29, 0.717) is 13.1 Å². The Bertz CT molecular complexity index is 831. The number of aliphatic imine (C=N–C) groups is 1. The number of sulfonamides is 1. The molecule has 3 N–H and O–H groups in total. The van der Waals surface area contributed by atoms with E-state index in [2.05, 4.69) is 25.2 Å². The zero-order chi connectivity index (χ0) is 21.7. The van der Waals surface area contributed by atoms with Crippen molar-refractivity contribution in [2.45, 2.75) is 50.3 Å². The zero-order valence-corrected chi connectivity index (χ0v) is 18.5. The number of nitrogens with zero attached hydrogens (tertiary/aromatic N) is 2. The quantitative estimate of drug-likeness (QED) is 0.484. The second kappa shape index (κ2) is 9.45. The van der Waals surface area contributed by atoms with E-state index in [1.807, 2.05) is 20.8 Å². The first kappa shape index (κ1) is 23.0. The zero-order valence-electron chi connectivity index (χ0n) is 17.7. The normalized spacial score (nSPS) is 17.9. The molecule has 0 saturated carbocycles. The van der Waals surface area contributed by atoms with Crippen molar-refractivity contribution < 1.29 is 17.9 Å². The van der Waals surface area contributed by atoms with Gasteiger partial charge >= 0.3 is 6.09 Å². The third-order valence-electron chi connectivity index (χ3n) is 4.37. The summed E-state index contributed by atoms with van der Waals surface area (Å²) in [6, 6.07) is 6.67. The molecule has 1 aliphatic heterocycles. The van der Waals surface area contributed by atoms with Crippen LogP contribution in [-0.4, -0.2) is 64.2 Å². The van der Waals surface area contributed by atoms with E-state index in [1.165, 1.54) is 7.05 Å². The molecule has 29 heavy (non-hydrogen) atoms. The number of guanidine groups is 1. The van der Waals surface area contributed by atoms with Gasteiger partial charge in [0.1, 0.15) is 5.60 Å². The molecule has 1 aromatic rings. The summed E-state index contributed by atoms with van der Waals surface area (Å²) < 4.78 is 31.2. The molecule has 0 bridgehead atoms. The highest BCUT2D eigenvalue weighted by Crippen LogP contribution is 2.13. The highest BCUT2D eigenvalue weighted by molar-refractivity contribution is 7.89. The van der Waals surface area contributed by atoms with E-state index >= 15 is 0 Å². The Morgan fingerprint density at radius 2 is 1.93 bits per heavy atom. The maximum absolute atomic E-state index is 11.9. The molecule has 1 unspecified atom stereocenters. The van der Waals surface area contributed by atoms with Crippen LogP contribution in [0.15, 0.2) is 34.2 Å². The van der Waals surface area contributed by atoms with Gasteiger partial charge in [0, 0.05) is 26.7 Å². The molecule has 0 aromatic heterocycles. The second-order valence-corrected chi connectivity index (χ2v) is 9.72. The molecule has 9 nitrogen and oxygen atoms in total. The molecule has 1 aliphatic rings. The summed E-state index contributed by atoms with van der Waals surface area (Å²) in [5.41, 5.74) is 0.408. The summed E-state index contributed by atoms with van der Waals surface area (Å²) in [4.78, 5) is 18.6. The molecule has 0 spiro atoms. The van der Waals surface area contributed by atoms with Gasteiger partial charge in [-0.25, -0.2) is 17.9 Å². The summed E-state index contributed by atoms with van der Waals surface area (Å²) in [6.07, 6.45) is 0.389. The van der Waals surface area contributed by atoms with Gasteiger partial charge in [-0.15, -0.1) is 0 Å². The van der Waals surface area contributed by atoms with E-state index in [-0.39, 0.29) is 10.9 Å². The number of rotatable bonds is 5. The average Bonchev–Trinajstić information content (AvgIpc) is 3.09. The van der Waals surface area contributed by atoms with Crippen molar-refractivity contribution in [2.75, 3.05) is 27.2 Å². The third kappa shape index (κ3) is 6.90. The lowest BCUT2D eigenvalue weighted by molar-refractivity contribution is 0.0507. The minimum atomic E-state index is -3.44. The molecule has 10 heteroatoms. The monoisotopic (exact) mass is 425 g/mol. The Morgan fingerprint density at radius 1 is 1.28 bits per heavy atom. The van der Waals surface area contributed by atoms with Crippen LogP contribution in [0, 0.1) is 0 Å². The molecule has 2 rings (SSSR count). The summed E-state index contributed by atoms with van der Waals surface area (Å²) in [5, 5.41) is 6.17. The van der Waals surface area contributed by atoms with Crippen molar-refractivity contribution in [2.24, 2.45) is 4.99 Å². The van der Waals surface area contributed by atoms with Gasteiger partial charge in [-0.05, 0) is 51.9 Å². The number of nitrogens with one attached hydrogen (secondary N) is 3. The predicted octanol–water partition coefficient (Wildman–Crippen LogP) is 1.27. The Labute approximate surface area is 173 Å². The van der Waals surface area contributed by atoms with Crippen LogP contribution in [0.25, 0.3) is 0 Å². The molecule has 1 saturated heterocycles. The molecule has 1 amide bonds. The minimum absolute atomic E-state index is 0.00515. The fourth-order valence-corrected chi connectivity index (χ4v) is 3.69. The number of hydrogen-bond acceptors (Lipinski definition) is 5. The van der Waals surface area contributed by atoms with Gasteiger partial charge in [0.05, 0.1) is 10.9 Å². The van der Waals surface area contributed by atoms with Gasteiger partial charge in [-0.2, -0.15) is 0 Å². The maximum Gasteiger partial charge on any atom is 0.407 e. The Balaban J connectivity index is 1.87. The summed E-state index contributed by atoms with van der Waals surface area (Å²) >= 11 is 0. The SMILES string of the molecule is CN=C(NCc1ccc(S(=O)(=O)NC)cc1)N1CCC(NC(=O)OC(C)(C)C)C1. The highest BCUT2D eigenvalue weighted by atomic mass is 32.2. The van der Waals surface area contributed by atoms with Crippen molar-refractivity contribution in [1.29, 1.82) is 0 Å². The van der Waals surface area contributed by atoms with Crippen LogP contribution in [0.3, 0.4) is 0 Å². The smallest absolute Gasteiger partial charge is 0.407 e. The molecule has 0 aliphatic carbocycles. The lowest BCUT2D eigenvalue weighted by atomic mass is 10.2. The maximum atomic E-state index is 11.9. The van der Waals surface area contributed by atoms with Crippen LogP contribution < -0.4 is 15.4 Å². The number of amides is 1. The van der Waals surface area contributed by atoms with Crippen LogP contribution in [-0.2, 0) is 21.3 Å². The van der Waals surface area contributed by atoms with Crippen molar-refractivity contribution in [3.05, 3.63) is 29.8 Å². The van der Waals surface area contributed by atoms with Crippen LogP contribution in [0.2, 0.25) is 0 Å². The predicted molar refractivity (Wildman–Crippen MR) is 112 cm³/mol. The van der Waals surface area contributed by atoms with E-state index in [4.69, 9.17) is 4.74 Å². The van der Waals surface area contributed by atoms with E-state index < -0.39 is 21.7 Å². The number of likely N-dealkylation sites (tertiary alicyclic amines) is 1. The molecule has 1 aromatic carbocycles. The largest absolute Gasteiger partial charge is 0.444 e. The molecular weight excluding hydrogens is 394 g/mol. The highest BCUT2D eigenvalue weighted by Gasteiger charge is 2.27. The number of alkyl carbamates (subject to hydrolysis) is 1. The number of ether oxygens (including phenoxy) is 1. The van der Waals surface area contributed by atoms with Crippen molar-refractivity contribution in [1.82, 2.24) is 20.3 Å². The van der Waals surface area contributed by atoms with Crippen molar-refractivity contribution in [3.8, 4) is 0 Å². The van der Waals surface area contributed by atoms with Crippen molar-refractivity contribution >= 4 is 22.1 Å². The van der Waals surface area contributed by atoms with Gasteiger partial charge in [-0.3, -0.25) is 4.99 Å². The van der Waals surface area contributed by atoms with Crippen LogP contribution in [0.5, 0.6) is 0 Å². The van der Waals surface area contributed by atoms with Crippen LogP contribution in [0.4, 0.5) is 4.79 Å². The average molecular weight is 426 g/mol. The third-order valence-corrected chi connectivity index (χ3v) is 5.80. The number of hydrogen-bond donors (Lipinski definition) is 3. The van der Waals surface area contributed by atoms with Gasteiger partial charge in [0.2, 0.25) is 10.0 Å². The molecular formula is C19H31N5O4S. The lowest BCUT2D eigenvalue weighted by Crippen LogP contribution is -2.44. The molecule has 162 valence electrons. The Hall–Kier alpha value is -2.33. The van der Waals surface area contributed by atoms with Gasteiger partial charge in [0.25, 0.3) is 0 Å². The van der Waals surface area contributed by atoms with Gasteiger partial charge < -0.3 is 20.3 Å². The summed E-state index contributed by atoms with van der Waals surface area (Å²) in [7, 11) is -0.346. The first-order valence-corrected chi connectivity index (χ1v) is 11.0. The van der Waals surface area contributed by atoms with E-state index in [0.717, 1.165) is 24.5 Å². The molecule has 1 heterocycles. The van der Waals surface area contributed by atoms with Crippen LogP contribution >= 0.6 is 0 Å². The topological polar surface area (TPSA) is 112 Å². The summed E-state index contributed by atoms with van der Waals surface area (Å²) in [5.74, 6) is 0.727. The Kier molecular flexibility index (Phi) is 7.48. The minimum Gasteiger partial charge on any atom is -0.444 e. The van der Waals surface area contributed by atoms with Crippen LogP contribution in [0.1, 0.15) is 32.8 Å². The first-order valence-electron chi connectivity index (χ1n) is 9.51. The van der Waals surface area contributed by atoms with Gasteiger partial charge in [-0.1, -0.05) is 12.1 Å². The molecule has 0 radical (unpaired) electrons. The summed E-state index contributed by atoms with van der Waals surface area (Å²) in [6.45, 7) is 7.41. The standard InChI is InChI=1S/C19H31N5O4S/c1-19(2,3)28-18(25)23-15-10-11-24(13-15)17(20-4)22-12-14-6-8-16(9-7-14)29(26,27)21-5/h6-9,15,21H,10-13H2,1-5H3,(H,20,22)(H,23,25). The van der Waals surface area contributed by atoms with Crippen molar-refractivity contribution in [3.63, 3.8) is 0 Å². The first-order chi connectivity index (χ1) is 13.5. The van der Waals surface area contributed by atoms with E-state index in [1.54, 1.807) is 31.3 Å². The second-order valence-electron chi connectivity index (χ2n) is 7.83. The fourth-order valence-electron chi connectivity index (χ4n) is 2.96. The lowest BCUT2D eigenvalue weighted by Gasteiger charge is -2.23. The molecule has 1 fully saturated rings.